The molecule has 6 nitrogen and oxygen atoms in total. The number of fused-ring (bicyclic) bond motifs is 1. The van der Waals surface area contributed by atoms with Crippen LogP contribution < -0.4 is 0 Å². The van der Waals surface area contributed by atoms with Gasteiger partial charge in [0.05, 0.1) is 6.54 Å². The zero-order valence-electron chi connectivity index (χ0n) is 13.7. The number of hydrogen-bond donors (Lipinski definition) is 0. The Kier molecular flexibility index (Phi) is 3.78. The number of amides is 1. The third kappa shape index (κ3) is 3.01. The van der Waals surface area contributed by atoms with Gasteiger partial charge in [-0.1, -0.05) is 24.3 Å². The number of para-hydroxylation sites is 1. The molecule has 6 heteroatoms. The van der Waals surface area contributed by atoms with Gasteiger partial charge < -0.3 is 9.32 Å². The number of pyridine rings is 1. The predicted octanol–water partition coefficient (Wildman–Crippen LogP) is 3.29. The van der Waals surface area contributed by atoms with E-state index in [0.29, 0.717) is 18.1 Å². The molecule has 0 atom stereocenters. The smallest absolute Gasteiger partial charge is 0.272 e. The molecule has 0 bridgehead atoms. The van der Waals surface area contributed by atoms with Gasteiger partial charge in [0.15, 0.2) is 5.82 Å². The van der Waals surface area contributed by atoms with E-state index in [0.717, 1.165) is 16.7 Å². The first-order valence-corrected chi connectivity index (χ1v) is 7.91. The van der Waals surface area contributed by atoms with E-state index in [-0.39, 0.29) is 5.91 Å². The van der Waals surface area contributed by atoms with Crippen molar-refractivity contribution < 1.29 is 9.21 Å². The Labute approximate surface area is 144 Å². The number of furan rings is 1. The Morgan fingerprint density at radius 2 is 2.04 bits per heavy atom. The molecule has 0 unspecified atom stereocenters. The molecule has 1 amide bonds. The van der Waals surface area contributed by atoms with Crippen molar-refractivity contribution in [2.24, 2.45) is 0 Å². The van der Waals surface area contributed by atoms with Gasteiger partial charge in [-0.25, -0.2) is 9.67 Å². The van der Waals surface area contributed by atoms with Crippen LogP contribution in [0.4, 0.5) is 0 Å². The van der Waals surface area contributed by atoms with Crippen LogP contribution in [0.15, 0.2) is 71.4 Å². The molecule has 0 fully saturated rings. The van der Waals surface area contributed by atoms with E-state index in [1.807, 2.05) is 42.5 Å². The van der Waals surface area contributed by atoms with Gasteiger partial charge in [-0.2, -0.15) is 5.10 Å². The van der Waals surface area contributed by atoms with Crippen LogP contribution in [0, 0.1) is 0 Å². The van der Waals surface area contributed by atoms with Crippen LogP contribution in [0.2, 0.25) is 0 Å². The molecule has 1 aromatic carbocycles. The number of benzene rings is 1. The molecule has 3 heterocycles. The van der Waals surface area contributed by atoms with Crippen LogP contribution >= 0.6 is 0 Å². The van der Waals surface area contributed by atoms with Crippen LogP contribution in [-0.4, -0.2) is 32.6 Å². The Morgan fingerprint density at radius 3 is 2.84 bits per heavy atom. The molecule has 0 aliphatic rings. The Morgan fingerprint density at radius 1 is 1.16 bits per heavy atom. The first-order valence-electron chi connectivity index (χ1n) is 7.91. The maximum Gasteiger partial charge on any atom is 0.272 e. The molecule has 0 saturated carbocycles. The van der Waals surface area contributed by atoms with Crippen LogP contribution in [0.5, 0.6) is 0 Å². The van der Waals surface area contributed by atoms with Gasteiger partial charge in [-0.05, 0) is 30.3 Å². The second-order valence-electron chi connectivity index (χ2n) is 5.74. The summed E-state index contributed by atoms with van der Waals surface area (Å²) >= 11 is 0. The number of carbonyl (C=O) groups excluding carboxylic acids is 1. The molecule has 4 aromatic rings. The van der Waals surface area contributed by atoms with Crippen LogP contribution in [-0.2, 0) is 6.54 Å². The Balaban J connectivity index is 1.55. The zero-order chi connectivity index (χ0) is 17.2. The molecule has 0 aliphatic heterocycles. The van der Waals surface area contributed by atoms with E-state index in [9.17, 15) is 4.79 Å². The average Bonchev–Trinajstić information content (AvgIpc) is 3.30. The van der Waals surface area contributed by atoms with Gasteiger partial charge in [-0.15, -0.1) is 0 Å². The van der Waals surface area contributed by atoms with E-state index in [1.165, 1.54) is 0 Å². The van der Waals surface area contributed by atoms with Crippen LogP contribution in [0.25, 0.3) is 16.8 Å². The largest absolute Gasteiger partial charge is 0.459 e. The number of nitrogens with zero attached hydrogens (tertiary/aromatic N) is 4. The summed E-state index contributed by atoms with van der Waals surface area (Å²) in [6.07, 6.45) is 3.46. The van der Waals surface area contributed by atoms with Gasteiger partial charge in [0.25, 0.3) is 5.91 Å². The fraction of sp³-hybridized carbons (Fsp3) is 0.105. The molecule has 0 aliphatic carbocycles. The highest BCUT2D eigenvalue weighted by molar-refractivity contribution is 5.92. The van der Waals surface area contributed by atoms with Crippen molar-refractivity contribution in [1.29, 1.82) is 0 Å². The lowest BCUT2D eigenvalue weighted by molar-refractivity contribution is 0.0770. The fourth-order valence-electron chi connectivity index (χ4n) is 2.69. The summed E-state index contributed by atoms with van der Waals surface area (Å²) in [5.74, 6) is 1.17. The van der Waals surface area contributed by atoms with Gasteiger partial charge in [0.1, 0.15) is 17.0 Å². The number of carbonyl (C=O) groups is 1. The first kappa shape index (κ1) is 15.1. The molecular formula is C19H16N4O2. The Hall–Kier alpha value is -3.41. The second-order valence-corrected chi connectivity index (χ2v) is 5.74. The van der Waals surface area contributed by atoms with Crippen molar-refractivity contribution in [2.45, 2.75) is 6.54 Å². The van der Waals surface area contributed by atoms with Crippen molar-refractivity contribution in [3.8, 4) is 5.82 Å². The summed E-state index contributed by atoms with van der Waals surface area (Å²) in [6.45, 7) is 0.376. The van der Waals surface area contributed by atoms with Crippen LogP contribution in [0.3, 0.4) is 0 Å². The van der Waals surface area contributed by atoms with Gasteiger partial charge in [0, 0.05) is 24.8 Å². The summed E-state index contributed by atoms with van der Waals surface area (Å²) in [5, 5.41) is 5.16. The zero-order valence-corrected chi connectivity index (χ0v) is 13.7. The van der Waals surface area contributed by atoms with E-state index in [4.69, 9.17) is 4.42 Å². The van der Waals surface area contributed by atoms with E-state index in [1.54, 1.807) is 41.2 Å². The van der Waals surface area contributed by atoms with Crippen molar-refractivity contribution >= 4 is 16.9 Å². The highest BCUT2D eigenvalue weighted by Crippen LogP contribution is 2.20. The summed E-state index contributed by atoms with van der Waals surface area (Å²) in [7, 11) is 1.73. The molecule has 0 radical (unpaired) electrons. The number of rotatable bonds is 4. The first-order chi connectivity index (χ1) is 12.2. The van der Waals surface area contributed by atoms with Gasteiger partial charge in [0.2, 0.25) is 0 Å². The number of hydrogen-bond acceptors (Lipinski definition) is 4. The summed E-state index contributed by atoms with van der Waals surface area (Å²) < 4.78 is 7.40. The lowest BCUT2D eigenvalue weighted by atomic mass is 10.2. The third-order valence-electron chi connectivity index (χ3n) is 3.91. The fourth-order valence-corrected chi connectivity index (χ4v) is 2.69. The molecule has 4 rings (SSSR count). The third-order valence-corrected chi connectivity index (χ3v) is 3.91. The maximum absolute atomic E-state index is 12.7. The quantitative estimate of drug-likeness (QED) is 0.575. The van der Waals surface area contributed by atoms with Gasteiger partial charge >= 0.3 is 0 Å². The SMILES string of the molecule is CN(Cc1cc2ccccc2o1)C(=O)c1cccc(-n2cccn2)n1. The molecular weight excluding hydrogens is 316 g/mol. The lowest BCUT2D eigenvalue weighted by Crippen LogP contribution is -2.27. The molecule has 0 spiro atoms. The van der Waals surface area contributed by atoms with E-state index in [2.05, 4.69) is 10.1 Å². The molecule has 0 saturated heterocycles. The summed E-state index contributed by atoms with van der Waals surface area (Å²) in [4.78, 5) is 18.7. The highest BCUT2D eigenvalue weighted by Gasteiger charge is 2.16. The standard InChI is InChI=1S/C19H16N4O2/c1-22(13-15-12-14-6-2-3-8-17(14)25-15)19(24)16-7-4-9-18(21-16)23-11-5-10-20-23/h2-12H,13H2,1H3. The van der Waals surface area contributed by atoms with Crippen LogP contribution in [0.1, 0.15) is 16.2 Å². The number of aromatic nitrogens is 3. The van der Waals surface area contributed by atoms with Crippen molar-refractivity contribution in [2.75, 3.05) is 7.05 Å². The second kappa shape index (κ2) is 6.24. The predicted molar refractivity (Wildman–Crippen MR) is 93.4 cm³/mol. The normalized spacial score (nSPS) is 10.9. The minimum atomic E-state index is -0.172. The lowest BCUT2D eigenvalue weighted by Gasteiger charge is -2.15. The monoisotopic (exact) mass is 332 g/mol. The molecule has 0 N–H and O–H groups in total. The summed E-state index contributed by atoms with van der Waals surface area (Å²) in [6, 6.07) is 16.8. The molecule has 25 heavy (non-hydrogen) atoms. The molecule has 3 aromatic heterocycles. The van der Waals surface area contributed by atoms with Crippen molar-refractivity contribution in [1.82, 2.24) is 19.7 Å². The van der Waals surface area contributed by atoms with E-state index >= 15 is 0 Å². The van der Waals surface area contributed by atoms with E-state index < -0.39 is 0 Å². The maximum atomic E-state index is 12.7. The molecule has 124 valence electrons. The Bertz CT molecular complexity index is 988. The highest BCUT2D eigenvalue weighted by atomic mass is 16.3. The minimum Gasteiger partial charge on any atom is -0.459 e. The van der Waals surface area contributed by atoms with Crippen molar-refractivity contribution in [3.05, 3.63) is 78.4 Å². The summed E-state index contributed by atoms with van der Waals surface area (Å²) in [5.41, 5.74) is 1.18. The topological polar surface area (TPSA) is 64.2 Å². The van der Waals surface area contributed by atoms with Crippen molar-refractivity contribution in [3.63, 3.8) is 0 Å². The minimum absolute atomic E-state index is 0.172. The average molecular weight is 332 g/mol. The van der Waals surface area contributed by atoms with Gasteiger partial charge in [-0.3, -0.25) is 4.79 Å².